The van der Waals surface area contributed by atoms with E-state index in [1.54, 1.807) is 17.8 Å². The first-order valence-electron chi connectivity index (χ1n) is 4.48. The molecular formula is C8H14N4O2. The maximum Gasteiger partial charge on any atom is 0.392 e. The molecule has 14 heavy (non-hydrogen) atoms. The molecule has 0 unspecified atom stereocenters. The largest absolute Gasteiger partial charge is 0.392 e. The van der Waals surface area contributed by atoms with Crippen molar-refractivity contribution < 1.29 is 4.92 Å². The van der Waals surface area contributed by atoms with Crippen molar-refractivity contribution in [1.29, 1.82) is 0 Å². The van der Waals surface area contributed by atoms with Gasteiger partial charge in [-0.15, -0.1) is 0 Å². The highest BCUT2D eigenvalue weighted by atomic mass is 16.6. The molecule has 0 spiro atoms. The van der Waals surface area contributed by atoms with Crippen LogP contribution in [0, 0.1) is 17.0 Å². The van der Waals surface area contributed by atoms with E-state index in [-0.39, 0.29) is 5.82 Å². The number of aryl methyl sites for hydroxylation is 2. The fourth-order valence-electron chi connectivity index (χ4n) is 1.22. The molecule has 0 aliphatic rings. The molecule has 0 fully saturated rings. The van der Waals surface area contributed by atoms with Gasteiger partial charge in [0, 0.05) is 0 Å². The van der Waals surface area contributed by atoms with Crippen LogP contribution in [0.1, 0.15) is 12.0 Å². The summed E-state index contributed by atoms with van der Waals surface area (Å²) in [6, 6.07) is 0. The Balaban J connectivity index is 2.62. The highest BCUT2D eigenvalue weighted by Crippen LogP contribution is 2.13. The third kappa shape index (κ3) is 2.53. The van der Waals surface area contributed by atoms with E-state index in [9.17, 15) is 10.1 Å². The average molecular weight is 198 g/mol. The lowest BCUT2D eigenvalue weighted by Gasteiger charge is -1.95. The molecule has 0 radical (unpaired) electrons. The quantitative estimate of drug-likeness (QED) is 0.429. The van der Waals surface area contributed by atoms with Gasteiger partial charge in [-0.2, -0.15) is 4.68 Å². The molecule has 0 amide bonds. The molecule has 78 valence electrons. The van der Waals surface area contributed by atoms with Gasteiger partial charge in [-0.05, 0) is 31.9 Å². The second-order valence-electron chi connectivity index (χ2n) is 3.11. The summed E-state index contributed by atoms with van der Waals surface area (Å²) in [7, 11) is 1.87. The average Bonchev–Trinajstić information content (AvgIpc) is 2.47. The molecule has 6 heteroatoms. The van der Waals surface area contributed by atoms with Crippen LogP contribution < -0.4 is 5.32 Å². The smallest absolute Gasteiger partial charge is 0.358 e. The van der Waals surface area contributed by atoms with E-state index in [0.717, 1.165) is 13.0 Å². The number of hydrogen-bond donors (Lipinski definition) is 1. The third-order valence-electron chi connectivity index (χ3n) is 1.91. The second-order valence-corrected chi connectivity index (χ2v) is 3.11. The zero-order valence-corrected chi connectivity index (χ0v) is 8.36. The zero-order chi connectivity index (χ0) is 10.6. The Kier molecular flexibility index (Phi) is 3.58. The van der Waals surface area contributed by atoms with Crippen molar-refractivity contribution in [3.8, 4) is 0 Å². The molecule has 0 saturated carbocycles. The summed E-state index contributed by atoms with van der Waals surface area (Å²) >= 11 is 0. The fraction of sp³-hybridized carbons (Fsp3) is 0.625. The van der Waals surface area contributed by atoms with Gasteiger partial charge >= 0.3 is 5.82 Å². The van der Waals surface area contributed by atoms with Crippen LogP contribution in [-0.4, -0.2) is 28.3 Å². The van der Waals surface area contributed by atoms with Gasteiger partial charge < -0.3 is 15.4 Å². The van der Waals surface area contributed by atoms with Crippen molar-refractivity contribution >= 4 is 5.82 Å². The van der Waals surface area contributed by atoms with Gasteiger partial charge in [0.15, 0.2) is 0 Å². The van der Waals surface area contributed by atoms with E-state index >= 15 is 0 Å². The topological polar surface area (TPSA) is 73.0 Å². The Hall–Kier alpha value is -1.43. The van der Waals surface area contributed by atoms with Crippen LogP contribution in [0.15, 0.2) is 6.20 Å². The van der Waals surface area contributed by atoms with Crippen LogP contribution in [-0.2, 0) is 6.54 Å². The van der Waals surface area contributed by atoms with Gasteiger partial charge in [-0.25, -0.2) is 0 Å². The minimum absolute atomic E-state index is 0.0468. The molecule has 0 aliphatic heterocycles. The summed E-state index contributed by atoms with van der Waals surface area (Å²) in [4.78, 5) is 10.0. The highest BCUT2D eigenvalue weighted by Gasteiger charge is 2.16. The first-order chi connectivity index (χ1) is 6.65. The predicted molar refractivity (Wildman–Crippen MR) is 52.2 cm³/mol. The maximum atomic E-state index is 10.5. The van der Waals surface area contributed by atoms with Gasteiger partial charge in [0.1, 0.15) is 0 Å². The second kappa shape index (κ2) is 4.71. The molecule has 0 bridgehead atoms. The third-order valence-corrected chi connectivity index (χ3v) is 1.91. The van der Waals surface area contributed by atoms with Crippen molar-refractivity contribution in [1.82, 2.24) is 15.1 Å². The molecule has 0 aliphatic carbocycles. The zero-order valence-electron chi connectivity index (χ0n) is 8.36. The Morgan fingerprint density at radius 1 is 1.71 bits per heavy atom. The van der Waals surface area contributed by atoms with E-state index < -0.39 is 4.92 Å². The van der Waals surface area contributed by atoms with E-state index in [0.29, 0.717) is 12.1 Å². The fourth-order valence-corrected chi connectivity index (χ4v) is 1.22. The van der Waals surface area contributed by atoms with E-state index in [2.05, 4.69) is 10.4 Å². The predicted octanol–water partition coefficient (Wildman–Crippen LogP) is 0.709. The number of aromatic nitrogens is 2. The lowest BCUT2D eigenvalue weighted by molar-refractivity contribution is -0.390. The van der Waals surface area contributed by atoms with Gasteiger partial charge in [0.2, 0.25) is 0 Å². The number of nitro groups is 1. The summed E-state index contributed by atoms with van der Waals surface area (Å²) in [5, 5.41) is 17.4. The van der Waals surface area contributed by atoms with Crippen molar-refractivity contribution in [3.05, 3.63) is 21.9 Å². The van der Waals surface area contributed by atoms with E-state index in [1.807, 2.05) is 7.05 Å². The SMILES string of the molecule is CNCCCn1cc(C)c([N+](=O)[O-])n1. The van der Waals surface area contributed by atoms with Crippen LogP contribution in [0.3, 0.4) is 0 Å². The molecule has 1 N–H and O–H groups in total. The Labute approximate surface area is 82.1 Å². The van der Waals surface area contributed by atoms with Gasteiger partial charge in [-0.3, -0.25) is 0 Å². The number of rotatable bonds is 5. The van der Waals surface area contributed by atoms with Crippen molar-refractivity contribution in [2.75, 3.05) is 13.6 Å². The van der Waals surface area contributed by atoms with Gasteiger partial charge in [0.25, 0.3) is 0 Å². The van der Waals surface area contributed by atoms with Gasteiger partial charge in [-0.1, -0.05) is 0 Å². The lowest BCUT2D eigenvalue weighted by atomic mass is 10.4. The Morgan fingerprint density at radius 2 is 2.43 bits per heavy atom. The van der Waals surface area contributed by atoms with Crippen molar-refractivity contribution in [2.45, 2.75) is 19.9 Å². The van der Waals surface area contributed by atoms with Crippen LogP contribution in [0.25, 0.3) is 0 Å². The molecular weight excluding hydrogens is 184 g/mol. The van der Waals surface area contributed by atoms with Crippen molar-refractivity contribution in [2.24, 2.45) is 0 Å². The van der Waals surface area contributed by atoms with Crippen LogP contribution >= 0.6 is 0 Å². The first kappa shape index (κ1) is 10.6. The highest BCUT2D eigenvalue weighted by molar-refractivity contribution is 5.27. The normalized spacial score (nSPS) is 10.4. The summed E-state index contributed by atoms with van der Waals surface area (Å²) in [5.74, 6) is -0.0468. The Bertz CT molecular complexity index is 321. The monoisotopic (exact) mass is 198 g/mol. The van der Waals surface area contributed by atoms with Crippen LogP contribution in [0.2, 0.25) is 0 Å². The van der Waals surface area contributed by atoms with E-state index in [4.69, 9.17) is 0 Å². The summed E-state index contributed by atoms with van der Waals surface area (Å²) in [5.41, 5.74) is 0.611. The molecule has 0 saturated heterocycles. The molecule has 6 nitrogen and oxygen atoms in total. The molecule has 0 atom stereocenters. The minimum Gasteiger partial charge on any atom is -0.358 e. The standard InChI is InChI=1S/C8H14N4O2/c1-7-6-11(5-3-4-9-2)10-8(7)12(13)14/h6,9H,3-5H2,1-2H3. The van der Waals surface area contributed by atoms with Crippen LogP contribution in [0.4, 0.5) is 5.82 Å². The molecule has 1 rings (SSSR count). The Morgan fingerprint density at radius 3 is 2.93 bits per heavy atom. The molecule has 1 aromatic heterocycles. The number of nitrogens with one attached hydrogen (secondary N) is 1. The number of hydrogen-bond acceptors (Lipinski definition) is 4. The summed E-state index contributed by atoms with van der Waals surface area (Å²) in [6.45, 7) is 3.28. The lowest BCUT2D eigenvalue weighted by Crippen LogP contribution is -2.11. The molecule has 1 heterocycles. The number of nitrogens with zero attached hydrogens (tertiary/aromatic N) is 3. The maximum absolute atomic E-state index is 10.5. The van der Waals surface area contributed by atoms with Crippen LogP contribution in [0.5, 0.6) is 0 Å². The summed E-state index contributed by atoms with van der Waals surface area (Å²) in [6.07, 6.45) is 2.61. The summed E-state index contributed by atoms with van der Waals surface area (Å²) < 4.78 is 1.62. The molecule has 0 aromatic carbocycles. The van der Waals surface area contributed by atoms with Gasteiger partial charge in [0.05, 0.1) is 23.4 Å². The first-order valence-corrected chi connectivity index (χ1v) is 4.48. The molecule has 1 aromatic rings. The minimum atomic E-state index is -0.454. The van der Waals surface area contributed by atoms with Crippen molar-refractivity contribution in [3.63, 3.8) is 0 Å². The van der Waals surface area contributed by atoms with E-state index in [1.165, 1.54) is 0 Å².